The van der Waals surface area contributed by atoms with Crippen LogP contribution in [0.15, 0.2) is 0 Å². The van der Waals surface area contributed by atoms with E-state index in [0.717, 1.165) is 41.7 Å². The van der Waals surface area contributed by atoms with Crippen LogP contribution >= 0.6 is 11.3 Å². The SMILES string of the molecule is COc1c(-c2nc3c(s2)CNCC3)c(C)nn1C. The van der Waals surface area contributed by atoms with E-state index < -0.39 is 0 Å². The Labute approximate surface area is 110 Å². The zero-order valence-corrected chi connectivity index (χ0v) is 11.6. The molecule has 0 saturated carbocycles. The van der Waals surface area contributed by atoms with Crippen molar-refractivity contribution < 1.29 is 4.74 Å². The number of aryl methyl sites for hydroxylation is 2. The minimum atomic E-state index is 0.784. The first-order chi connectivity index (χ1) is 8.70. The normalized spacial score (nSPS) is 14.6. The Kier molecular flexibility index (Phi) is 2.83. The average molecular weight is 264 g/mol. The summed E-state index contributed by atoms with van der Waals surface area (Å²) < 4.78 is 7.20. The first kappa shape index (κ1) is 11.7. The van der Waals surface area contributed by atoms with Crippen LogP contribution in [0, 0.1) is 6.92 Å². The van der Waals surface area contributed by atoms with Crippen molar-refractivity contribution in [2.75, 3.05) is 13.7 Å². The topological polar surface area (TPSA) is 52.0 Å². The molecule has 0 aromatic carbocycles. The van der Waals surface area contributed by atoms with Crippen molar-refractivity contribution in [1.29, 1.82) is 0 Å². The van der Waals surface area contributed by atoms with Gasteiger partial charge in [0, 0.05) is 31.4 Å². The summed E-state index contributed by atoms with van der Waals surface area (Å²) in [5.74, 6) is 0.784. The molecule has 18 heavy (non-hydrogen) atoms. The fourth-order valence-corrected chi connectivity index (χ4v) is 3.52. The zero-order chi connectivity index (χ0) is 12.7. The summed E-state index contributed by atoms with van der Waals surface area (Å²) in [7, 11) is 3.57. The van der Waals surface area contributed by atoms with Crippen molar-refractivity contribution in [3.05, 3.63) is 16.3 Å². The van der Waals surface area contributed by atoms with E-state index in [0.29, 0.717) is 0 Å². The Morgan fingerprint density at radius 2 is 2.28 bits per heavy atom. The van der Waals surface area contributed by atoms with Gasteiger partial charge in [-0.2, -0.15) is 5.10 Å². The van der Waals surface area contributed by atoms with Crippen LogP contribution in [0.4, 0.5) is 0 Å². The summed E-state index contributed by atoms with van der Waals surface area (Å²) in [4.78, 5) is 6.08. The Morgan fingerprint density at radius 3 is 3.00 bits per heavy atom. The number of thiazole rings is 1. The number of fused-ring (bicyclic) bond motifs is 1. The molecule has 5 nitrogen and oxygen atoms in total. The van der Waals surface area contributed by atoms with Crippen molar-refractivity contribution >= 4 is 11.3 Å². The van der Waals surface area contributed by atoms with Crippen molar-refractivity contribution in [2.45, 2.75) is 19.9 Å². The van der Waals surface area contributed by atoms with Gasteiger partial charge in [0.25, 0.3) is 0 Å². The molecule has 96 valence electrons. The molecular weight excluding hydrogens is 248 g/mol. The minimum absolute atomic E-state index is 0.784. The molecule has 0 saturated heterocycles. The van der Waals surface area contributed by atoms with Crippen LogP contribution in [0.5, 0.6) is 5.88 Å². The van der Waals surface area contributed by atoms with E-state index in [9.17, 15) is 0 Å². The highest BCUT2D eigenvalue weighted by Crippen LogP contribution is 2.37. The van der Waals surface area contributed by atoms with Crippen LogP contribution < -0.4 is 10.1 Å². The predicted octanol–water partition coefficient (Wildman–Crippen LogP) is 1.51. The fraction of sp³-hybridized carbons (Fsp3) is 0.500. The summed E-state index contributed by atoms with van der Waals surface area (Å²) in [5, 5.41) is 8.80. The number of nitrogens with zero attached hydrogens (tertiary/aromatic N) is 3. The van der Waals surface area contributed by atoms with Crippen LogP contribution in [0.1, 0.15) is 16.3 Å². The molecule has 3 heterocycles. The number of methoxy groups -OCH3 is 1. The van der Waals surface area contributed by atoms with Gasteiger partial charge in [-0.25, -0.2) is 9.67 Å². The molecule has 1 N–H and O–H groups in total. The zero-order valence-electron chi connectivity index (χ0n) is 10.8. The van der Waals surface area contributed by atoms with Crippen LogP contribution in [0.25, 0.3) is 10.6 Å². The molecule has 0 spiro atoms. The number of nitrogens with one attached hydrogen (secondary N) is 1. The van der Waals surface area contributed by atoms with Gasteiger partial charge in [0.2, 0.25) is 5.88 Å². The predicted molar refractivity (Wildman–Crippen MR) is 71.0 cm³/mol. The van der Waals surface area contributed by atoms with E-state index in [1.165, 1.54) is 10.6 Å². The lowest BCUT2D eigenvalue weighted by Gasteiger charge is -2.09. The fourth-order valence-electron chi connectivity index (χ4n) is 2.35. The van der Waals surface area contributed by atoms with Gasteiger partial charge in [0.15, 0.2) is 0 Å². The van der Waals surface area contributed by atoms with Gasteiger partial charge < -0.3 is 10.1 Å². The maximum atomic E-state index is 5.43. The molecule has 2 aromatic heterocycles. The first-order valence-electron chi connectivity index (χ1n) is 5.98. The molecule has 6 heteroatoms. The van der Waals surface area contributed by atoms with Crippen LogP contribution in [0.2, 0.25) is 0 Å². The second-order valence-electron chi connectivity index (χ2n) is 4.41. The van der Waals surface area contributed by atoms with Gasteiger partial charge in [-0.1, -0.05) is 0 Å². The third-order valence-electron chi connectivity index (χ3n) is 3.18. The largest absolute Gasteiger partial charge is 0.481 e. The molecule has 0 bridgehead atoms. The molecule has 0 fully saturated rings. The Hall–Kier alpha value is -1.40. The molecule has 0 atom stereocenters. The molecule has 2 aromatic rings. The second-order valence-corrected chi connectivity index (χ2v) is 5.49. The smallest absolute Gasteiger partial charge is 0.222 e. The van der Waals surface area contributed by atoms with Gasteiger partial charge in [-0.15, -0.1) is 11.3 Å². The van der Waals surface area contributed by atoms with Gasteiger partial charge in [0.1, 0.15) is 5.01 Å². The monoisotopic (exact) mass is 264 g/mol. The lowest BCUT2D eigenvalue weighted by atomic mass is 10.2. The van der Waals surface area contributed by atoms with Crippen LogP contribution in [0.3, 0.4) is 0 Å². The maximum absolute atomic E-state index is 5.43. The molecule has 3 rings (SSSR count). The first-order valence-corrected chi connectivity index (χ1v) is 6.79. The number of rotatable bonds is 2. The molecule has 1 aliphatic heterocycles. The van der Waals surface area contributed by atoms with Gasteiger partial charge in [0.05, 0.1) is 24.1 Å². The standard InChI is InChI=1S/C12H16N4OS/c1-7-10(12(17-3)16(2)15-7)11-14-8-4-5-13-6-9(8)18-11/h13H,4-6H2,1-3H3. The summed E-state index contributed by atoms with van der Waals surface area (Å²) in [6.07, 6.45) is 1.01. The third kappa shape index (κ3) is 1.72. The molecular formula is C12H16N4OS. The van der Waals surface area contributed by atoms with Gasteiger partial charge >= 0.3 is 0 Å². The molecule has 0 aliphatic carbocycles. The van der Waals surface area contributed by atoms with Gasteiger partial charge in [-0.3, -0.25) is 0 Å². The quantitative estimate of drug-likeness (QED) is 0.893. The summed E-state index contributed by atoms with van der Waals surface area (Å²) >= 11 is 1.74. The van der Waals surface area contributed by atoms with E-state index in [1.807, 2.05) is 14.0 Å². The van der Waals surface area contributed by atoms with Crippen molar-refractivity contribution in [1.82, 2.24) is 20.1 Å². The number of hydrogen-bond donors (Lipinski definition) is 1. The number of ether oxygens (including phenoxy) is 1. The van der Waals surface area contributed by atoms with Crippen LogP contribution in [-0.4, -0.2) is 28.4 Å². The van der Waals surface area contributed by atoms with E-state index in [1.54, 1.807) is 23.1 Å². The van der Waals surface area contributed by atoms with Crippen LogP contribution in [-0.2, 0) is 20.0 Å². The highest BCUT2D eigenvalue weighted by molar-refractivity contribution is 7.15. The minimum Gasteiger partial charge on any atom is -0.481 e. The lowest BCUT2D eigenvalue weighted by Crippen LogP contribution is -2.22. The Morgan fingerprint density at radius 1 is 1.44 bits per heavy atom. The third-order valence-corrected chi connectivity index (χ3v) is 4.29. The van der Waals surface area contributed by atoms with Crippen molar-refractivity contribution in [3.8, 4) is 16.5 Å². The van der Waals surface area contributed by atoms with E-state index >= 15 is 0 Å². The molecule has 0 unspecified atom stereocenters. The highest BCUT2D eigenvalue weighted by Gasteiger charge is 2.22. The van der Waals surface area contributed by atoms with E-state index in [-0.39, 0.29) is 0 Å². The van der Waals surface area contributed by atoms with Crippen molar-refractivity contribution in [3.63, 3.8) is 0 Å². The maximum Gasteiger partial charge on any atom is 0.222 e. The highest BCUT2D eigenvalue weighted by atomic mass is 32.1. The average Bonchev–Trinajstić information content (AvgIpc) is 2.88. The van der Waals surface area contributed by atoms with Gasteiger partial charge in [-0.05, 0) is 6.92 Å². The number of aromatic nitrogens is 3. The van der Waals surface area contributed by atoms with E-state index in [2.05, 4.69) is 10.4 Å². The van der Waals surface area contributed by atoms with E-state index in [4.69, 9.17) is 9.72 Å². The summed E-state index contributed by atoms with van der Waals surface area (Å²) in [6, 6.07) is 0. The number of hydrogen-bond acceptors (Lipinski definition) is 5. The lowest BCUT2D eigenvalue weighted by molar-refractivity contribution is 0.375. The summed E-state index contributed by atoms with van der Waals surface area (Å²) in [6.45, 7) is 3.93. The molecule has 0 radical (unpaired) electrons. The summed E-state index contributed by atoms with van der Waals surface area (Å²) in [5.41, 5.74) is 3.21. The molecule has 1 aliphatic rings. The molecule has 0 amide bonds. The Balaban J connectivity index is 2.12. The Bertz CT molecular complexity index is 564. The van der Waals surface area contributed by atoms with Crippen molar-refractivity contribution in [2.24, 2.45) is 7.05 Å². The second kappa shape index (κ2) is 4.37.